The lowest BCUT2D eigenvalue weighted by Crippen LogP contribution is -2.39. The predicted octanol–water partition coefficient (Wildman–Crippen LogP) is 11.4. The van der Waals surface area contributed by atoms with E-state index in [0.29, 0.717) is 6.61 Å². The summed E-state index contributed by atoms with van der Waals surface area (Å²) in [6.45, 7) is 9.40. The molecule has 8 nitrogen and oxygen atoms in total. The minimum absolute atomic E-state index is 0.107. The number of methoxy groups -OCH3 is 2. The summed E-state index contributed by atoms with van der Waals surface area (Å²) in [5.41, 5.74) is 4.55. The Kier molecular flexibility index (Phi) is 16.5. The van der Waals surface area contributed by atoms with Gasteiger partial charge in [0.05, 0.1) is 53.1 Å². The average Bonchev–Trinajstić information content (AvgIpc) is 3.29. The zero-order valence-corrected chi connectivity index (χ0v) is 36.8. The van der Waals surface area contributed by atoms with Crippen molar-refractivity contribution in [1.82, 2.24) is 4.67 Å². The van der Waals surface area contributed by atoms with Crippen LogP contribution in [-0.4, -0.2) is 56.9 Å². The number of hydrogen-bond acceptors (Lipinski definition) is 8. The van der Waals surface area contributed by atoms with E-state index in [1.807, 2.05) is 103 Å². The minimum atomic E-state index is -1.62. The highest BCUT2D eigenvalue weighted by atomic mass is 31.2. The normalized spacial score (nSPS) is 12.5. The van der Waals surface area contributed by atoms with Gasteiger partial charge in [0.15, 0.2) is 0 Å². The molecule has 0 saturated heterocycles. The number of hydrogen-bond donors (Lipinski definition) is 0. The van der Waals surface area contributed by atoms with Crippen molar-refractivity contribution in [3.05, 3.63) is 179 Å². The molecular weight excluding hydrogens is 780 g/mol. The molecule has 0 saturated carbocycles. The van der Waals surface area contributed by atoms with Crippen molar-refractivity contribution in [2.24, 2.45) is 0 Å². The van der Waals surface area contributed by atoms with Gasteiger partial charge in [-0.2, -0.15) is 5.26 Å². The quantitative estimate of drug-likeness (QED) is 0.0325. The van der Waals surface area contributed by atoms with Gasteiger partial charge >= 0.3 is 0 Å². The van der Waals surface area contributed by atoms with Gasteiger partial charge in [-0.05, 0) is 103 Å². The number of benzene rings is 6. The summed E-state index contributed by atoms with van der Waals surface area (Å²) in [4.78, 5) is 0. The Morgan fingerprint density at radius 3 is 1.90 bits per heavy atom. The van der Waals surface area contributed by atoms with Gasteiger partial charge in [0.25, 0.3) is 8.53 Å². The molecule has 0 amide bonds. The Balaban J connectivity index is 1.33. The fourth-order valence-corrected chi connectivity index (χ4v) is 9.03. The van der Waals surface area contributed by atoms with Crippen molar-refractivity contribution < 1.29 is 28.0 Å². The number of rotatable bonds is 20. The lowest BCUT2D eigenvalue weighted by Gasteiger charge is -2.39. The molecule has 0 bridgehead atoms. The van der Waals surface area contributed by atoms with E-state index in [0.717, 1.165) is 55.7 Å². The van der Waals surface area contributed by atoms with Crippen LogP contribution in [-0.2, 0) is 30.7 Å². The van der Waals surface area contributed by atoms with Crippen LogP contribution >= 0.6 is 8.53 Å². The maximum atomic E-state index is 9.42. The lowest BCUT2D eigenvalue weighted by molar-refractivity contribution is -0.0611. The molecule has 0 spiro atoms. The highest BCUT2D eigenvalue weighted by molar-refractivity contribution is 7.44. The summed E-state index contributed by atoms with van der Waals surface area (Å²) >= 11 is 0. The third-order valence-electron chi connectivity index (χ3n) is 10.2. The van der Waals surface area contributed by atoms with Crippen LogP contribution in [0.25, 0.3) is 10.8 Å². The molecule has 6 rings (SSSR count). The van der Waals surface area contributed by atoms with Gasteiger partial charge in [0.2, 0.25) is 0 Å². The highest BCUT2D eigenvalue weighted by Gasteiger charge is 2.40. The van der Waals surface area contributed by atoms with E-state index in [-0.39, 0.29) is 38.3 Å². The zero-order chi connectivity index (χ0) is 43.0. The molecule has 1 unspecified atom stereocenters. The zero-order valence-electron chi connectivity index (χ0n) is 35.9. The topological polar surface area (TPSA) is 82.4 Å². The van der Waals surface area contributed by atoms with Gasteiger partial charge in [0.1, 0.15) is 23.2 Å². The summed E-state index contributed by atoms with van der Waals surface area (Å²) in [5.74, 6) is 8.22. The van der Waals surface area contributed by atoms with Gasteiger partial charge in [-0.1, -0.05) is 115 Å². The number of nitriles is 1. The first kappa shape index (κ1) is 45.0. The van der Waals surface area contributed by atoms with Crippen molar-refractivity contribution in [3.63, 3.8) is 0 Å². The molecule has 0 N–H and O–H groups in total. The van der Waals surface area contributed by atoms with Crippen LogP contribution in [0, 0.1) is 23.2 Å². The van der Waals surface area contributed by atoms with E-state index in [2.05, 4.69) is 92.7 Å². The van der Waals surface area contributed by atoms with Gasteiger partial charge in [0, 0.05) is 23.2 Å². The third kappa shape index (κ3) is 11.6. The highest BCUT2D eigenvalue weighted by Crippen LogP contribution is 2.48. The molecular formula is C52H55N2O6P. The van der Waals surface area contributed by atoms with Crippen LogP contribution in [0.5, 0.6) is 11.5 Å². The van der Waals surface area contributed by atoms with Crippen molar-refractivity contribution >= 4 is 19.3 Å². The summed E-state index contributed by atoms with van der Waals surface area (Å²) in [7, 11) is 1.69. The van der Waals surface area contributed by atoms with E-state index in [1.54, 1.807) is 14.2 Å². The summed E-state index contributed by atoms with van der Waals surface area (Å²) < 4.78 is 40.6. The number of nitrogens with zero attached hydrogens (tertiary/aromatic N) is 2. The average molecular weight is 835 g/mol. The van der Waals surface area contributed by atoms with E-state index in [4.69, 9.17) is 28.0 Å². The van der Waals surface area contributed by atoms with E-state index in [9.17, 15) is 5.26 Å². The van der Waals surface area contributed by atoms with Gasteiger partial charge in [-0.25, -0.2) is 4.67 Å². The Morgan fingerprint density at radius 2 is 1.26 bits per heavy atom. The Bertz CT molecular complexity index is 2330. The van der Waals surface area contributed by atoms with Crippen LogP contribution < -0.4 is 9.47 Å². The van der Waals surface area contributed by atoms with E-state index < -0.39 is 20.2 Å². The van der Waals surface area contributed by atoms with Crippen molar-refractivity contribution in [1.29, 1.82) is 5.26 Å². The maximum absolute atomic E-state index is 9.42. The predicted molar refractivity (Wildman–Crippen MR) is 244 cm³/mol. The van der Waals surface area contributed by atoms with Gasteiger partial charge in [-0.3, -0.25) is 0 Å². The standard InChI is InChI=1S/C52H55N2O6P/c1-39(2)54(40(3)4)61(59-34-14-33-53)60-50(37-57-36-42-16-12-15-41(35-42)23-24-44-19-13-18-43-17-10-11-22-51(43)44)38-58-52(45-20-8-7-9-21-45,46-25-29-48(55-5)30-26-46)47-27-31-49(56-6)32-28-47/h7-13,15-22,25-32,35,39-40,50H,14,34,36-38H2,1-6H3/t50-,61?/m0/s1. The molecule has 0 fully saturated rings. The van der Waals surface area contributed by atoms with Crippen LogP contribution in [0.15, 0.2) is 146 Å². The number of ether oxygens (including phenoxy) is 4. The smallest absolute Gasteiger partial charge is 0.259 e. The lowest BCUT2D eigenvalue weighted by atomic mass is 9.80. The van der Waals surface area contributed by atoms with Crippen LogP contribution in [0.3, 0.4) is 0 Å². The largest absolute Gasteiger partial charge is 0.497 e. The van der Waals surface area contributed by atoms with E-state index >= 15 is 0 Å². The summed E-state index contributed by atoms with van der Waals surface area (Å²) in [5, 5.41) is 11.7. The Labute approximate surface area is 362 Å². The molecule has 6 aromatic rings. The molecule has 2 atom stereocenters. The number of fused-ring (bicyclic) bond motifs is 1. The second-order valence-corrected chi connectivity index (χ2v) is 16.5. The Morgan fingerprint density at radius 1 is 0.656 bits per heavy atom. The van der Waals surface area contributed by atoms with Crippen LogP contribution in [0.1, 0.15) is 67.5 Å². The van der Waals surface area contributed by atoms with Crippen molar-refractivity contribution in [3.8, 4) is 29.4 Å². The molecule has 6 aromatic carbocycles. The second-order valence-electron chi connectivity index (χ2n) is 15.1. The maximum Gasteiger partial charge on any atom is 0.259 e. The second kappa shape index (κ2) is 22.3. The molecule has 0 heterocycles. The van der Waals surface area contributed by atoms with Crippen LogP contribution in [0.2, 0.25) is 0 Å². The van der Waals surface area contributed by atoms with Crippen molar-refractivity contribution in [2.45, 2.75) is 64.5 Å². The SMILES string of the molecule is COc1ccc(C(OC[C@H](COCc2cccc(C#Cc3cccc4ccccc34)c2)OP(OCCC#N)N(C(C)C)C(C)C)(c2ccccc2)c2ccc(OC)cc2)cc1. The molecule has 9 heteroatoms. The summed E-state index contributed by atoms with van der Waals surface area (Å²) in [6.07, 6.45) is -0.336. The van der Waals surface area contributed by atoms with Crippen LogP contribution in [0.4, 0.5) is 0 Å². The molecule has 0 aliphatic rings. The molecule has 0 aliphatic carbocycles. The molecule has 0 radical (unpaired) electrons. The van der Waals surface area contributed by atoms with Gasteiger partial charge in [-0.15, -0.1) is 0 Å². The molecule has 0 aromatic heterocycles. The molecule has 61 heavy (non-hydrogen) atoms. The van der Waals surface area contributed by atoms with Crippen molar-refractivity contribution in [2.75, 3.05) is 34.0 Å². The van der Waals surface area contributed by atoms with Gasteiger partial charge < -0.3 is 28.0 Å². The first-order valence-electron chi connectivity index (χ1n) is 20.7. The molecule has 0 aliphatic heterocycles. The minimum Gasteiger partial charge on any atom is -0.497 e. The fraction of sp³-hybridized carbons (Fsp3) is 0.288. The first-order chi connectivity index (χ1) is 29.7. The molecule has 314 valence electrons. The first-order valence-corrected chi connectivity index (χ1v) is 21.8. The monoisotopic (exact) mass is 834 g/mol. The Hall–Kier alpha value is -5.54. The summed E-state index contributed by atoms with van der Waals surface area (Å²) in [6, 6.07) is 51.2. The third-order valence-corrected chi connectivity index (χ3v) is 12.4. The van der Waals surface area contributed by atoms with E-state index in [1.165, 1.54) is 0 Å². The fourth-order valence-electron chi connectivity index (χ4n) is 7.34.